The van der Waals surface area contributed by atoms with Crippen LogP contribution in [0.4, 0.5) is 11.8 Å². The first-order valence-electron chi connectivity index (χ1n) is 11.2. The van der Waals surface area contributed by atoms with Gasteiger partial charge in [-0.05, 0) is 23.8 Å². The lowest BCUT2D eigenvalue weighted by atomic mass is 10.1. The number of piperazine rings is 1. The average molecular weight is 456 g/mol. The molecule has 34 heavy (non-hydrogen) atoms. The molecule has 1 fully saturated rings. The SMILES string of the molecule is O=C(O)C(Nc1nc(CN2CCN(c3ncccn3)CC2)nc2ccccc12)c1ccccc1. The summed E-state index contributed by atoms with van der Waals surface area (Å²) in [5, 5.41) is 13.8. The van der Waals surface area contributed by atoms with Crippen LogP contribution < -0.4 is 10.2 Å². The molecule has 2 aromatic carbocycles. The van der Waals surface area contributed by atoms with Gasteiger partial charge in [-0.25, -0.2) is 24.7 Å². The molecule has 1 aliphatic rings. The zero-order valence-electron chi connectivity index (χ0n) is 18.6. The summed E-state index contributed by atoms with van der Waals surface area (Å²) in [6, 6.07) is 17.7. The fourth-order valence-corrected chi connectivity index (χ4v) is 4.14. The summed E-state index contributed by atoms with van der Waals surface area (Å²) in [6.07, 6.45) is 3.51. The summed E-state index contributed by atoms with van der Waals surface area (Å²) in [6.45, 7) is 3.87. The first-order valence-corrected chi connectivity index (χ1v) is 11.2. The molecule has 5 rings (SSSR count). The van der Waals surface area contributed by atoms with Crippen molar-refractivity contribution in [2.75, 3.05) is 36.4 Å². The van der Waals surface area contributed by atoms with Crippen molar-refractivity contribution in [3.8, 4) is 0 Å². The smallest absolute Gasteiger partial charge is 0.330 e. The van der Waals surface area contributed by atoms with Crippen molar-refractivity contribution in [2.45, 2.75) is 12.6 Å². The van der Waals surface area contributed by atoms with Crippen molar-refractivity contribution < 1.29 is 9.90 Å². The van der Waals surface area contributed by atoms with Crippen molar-refractivity contribution in [1.82, 2.24) is 24.8 Å². The Labute approximate surface area is 197 Å². The molecule has 1 atom stereocenters. The van der Waals surface area contributed by atoms with Gasteiger partial charge in [-0.3, -0.25) is 4.90 Å². The number of hydrogen-bond donors (Lipinski definition) is 2. The predicted octanol–water partition coefficient (Wildman–Crippen LogP) is 2.98. The van der Waals surface area contributed by atoms with Crippen LogP contribution in [0.1, 0.15) is 17.4 Å². The third kappa shape index (κ3) is 4.79. The molecular weight excluding hydrogens is 430 g/mol. The Morgan fingerprint density at radius 3 is 2.35 bits per heavy atom. The molecule has 9 heteroatoms. The maximum atomic E-state index is 12.1. The van der Waals surface area contributed by atoms with Crippen LogP contribution in [0.15, 0.2) is 73.1 Å². The molecule has 0 bridgehead atoms. The van der Waals surface area contributed by atoms with E-state index in [0.717, 1.165) is 43.0 Å². The fraction of sp³-hybridized carbons (Fsp3) is 0.240. The van der Waals surface area contributed by atoms with Crippen molar-refractivity contribution in [1.29, 1.82) is 0 Å². The Bertz CT molecular complexity index is 1260. The van der Waals surface area contributed by atoms with E-state index < -0.39 is 12.0 Å². The molecular formula is C25H25N7O2. The van der Waals surface area contributed by atoms with Crippen LogP contribution in [0, 0.1) is 0 Å². The van der Waals surface area contributed by atoms with E-state index in [-0.39, 0.29) is 0 Å². The Morgan fingerprint density at radius 2 is 1.62 bits per heavy atom. The third-order valence-electron chi connectivity index (χ3n) is 5.88. The standard InChI is InChI=1S/C25H25N7O2/c33-24(34)22(18-7-2-1-3-8-18)30-23-19-9-4-5-10-20(19)28-21(29-23)17-31-13-15-32(16-14-31)25-26-11-6-12-27-25/h1-12,22H,13-17H2,(H,33,34)(H,28,29,30). The number of nitrogens with one attached hydrogen (secondary N) is 1. The second-order valence-corrected chi connectivity index (χ2v) is 8.14. The number of anilines is 2. The minimum Gasteiger partial charge on any atom is -0.479 e. The van der Waals surface area contributed by atoms with Gasteiger partial charge in [0.1, 0.15) is 11.6 Å². The summed E-state index contributed by atoms with van der Waals surface area (Å²) in [5.74, 6) is 0.960. The molecule has 1 unspecified atom stereocenters. The third-order valence-corrected chi connectivity index (χ3v) is 5.88. The van der Waals surface area contributed by atoms with Crippen LogP contribution in [-0.4, -0.2) is 62.1 Å². The number of aromatic nitrogens is 4. The Morgan fingerprint density at radius 1 is 0.912 bits per heavy atom. The molecule has 9 nitrogen and oxygen atoms in total. The summed E-state index contributed by atoms with van der Waals surface area (Å²) >= 11 is 0. The summed E-state index contributed by atoms with van der Waals surface area (Å²) in [7, 11) is 0. The number of carboxylic acid groups (broad SMARTS) is 1. The molecule has 0 radical (unpaired) electrons. The van der Waals surface area contributed by atoms with Crippen molar-refractivity contribution in [3.63, 3.8) is 0 Å². The van der Waals surface area contributed by atoms with E-state index in [1.807, 2.05) is 48.5 Å². The molecule has 0 aliphatic carbocycles. The number of aliphatic carboxylic acids is 1. The summed E-state index contributed by atoms with van der Waals surface area (Å²) in [5.41, 5.74) is 1.45. The van der Waals surface area contributed by atoms with Crippen LogP contribution in [0.3, 0.4) is 0 Å². The van der Waals surface area contributed by atoms with Gasteiger partial charge in [-0.2, -0.15) is 0 Å². The summed E-state index contributed by atoms with van der Waals surface area (Å²) in [4.78, 5) is 34.7. The lowest BCUT2D eigenvalue weighted by Gasteiger charge is -2.34. The van der Waals surface area contributed by atoms with Gasteiger partial charge < -0.3 is 15.3 Å². The normalized spacial score (nSPS) is 15.2. The molecule has 3 heterocycles. The van der Waals surface area contributed by atoms with Crippen molar-refractivity contribution in [3.05, 3.63) is 84.4 Å². The zero-order valence-corrected chi connectivity index (χ0v) is 18.6. The maximum absolute atomic E-state index is 12.1. The highest BCUT2D eigenvalue weighted by molar-refractivity contribution is 5.91. The van der Waals surface area contributed by atoms with Gasteiger partial charge in [0.25, 0.3) is 0 Å². The lowest BCUT2D eigenvalue weighted by molar-refractivity contribution is -0.138. The average Bonchev–Trinajstić information content (AvgIpc) is 2.88. The first-order chi connectivity index (χ1) is 16.7. The van der Waals surface area contributed by atoms with Gasteiger partial charge in [0, 0.05) is 44.0 Å². The van der Waals surface area contributed by atoms with Gasteiger partial charge in [0.2, 0.25) is 5.95 Å². The Hall–Kier alpha value is -4.11. The number of para-hydroxylation sites is 1. The fourth-order valence-electron chi connectivity index (χ4n) is 4.14. The van der Waals surface area contributed by atoms with Crippen LogP contribution >= 0.6 is 0 Å². The molecule has 2 aromatic heterocycles. The molecule has 1 saturated heterocycles. The molecule has 172 valence electrons. The number of rotatable bonds is 7. The number of benzene rings is 2. The number of fused-ring (bicyclic) bond motifs is 1. The van der Waals surface area contributed by atoms with Gasteiger partial charge in [-0.15, -0.1) is 0 Å². The van der Waals surface area contributed by atoms with Crippen molar-refractivity contribution >= 4 is 28.6 Å². The maximum Gasteiger partial charge on any atom is 0.330 e. The second kappa shape index (κ2) is 9.80. The first kappa shape index (κ1) is 21.7. The van der Waals surface area contributed by atoms with Gasteiger partial charge >= 0.3 is 5.97 Å². The number of carbonyl (C=O) groups is 1. The van der Waals surface area contributed by atoms with E-state index >= 15 is 0 Å². The monoisotopic (exact) mass is 455 g/mol. The van der Waals surface area contributed by atoms with Gasteiger partial charge in [-0.1, -0.05) is 42.5 Å². The topological polar surface area (TPSA) is 107 Å². The van der Waals surface area contributed by atoms with Crippen molar-refractivity contribution in [2.24, 2.45) is 0 Å². The number of nitrogens with zero attached hydrogens (tertiary/aromatic N) is 6. The van der Waals surface area contributed by atoms with Crippen LogP contribution in [0.2, 0.25) is 0 Å². The molecule has 4 aromatic rings. The van der Waals surface area contributed by atoms with E-state index in [2.05, 4.69) is 25.1 Å². The van der Waals surface area contributed by atoms with Crippen LogP contribution in [-0.2, 0) is 11.3 Å². The molecule has 1 aliphatic heterocycles. The quantitative estimate of drug-likeness (QED) is 0.435. The highest BCUT2D eigenvalue weighted by atomic mass is 16.4. The molecule has 0 amide bonds. The lowest BCUT2D eigenvalue weighted by Crippen LogP contribution is -2.46. The Balaban J connectivity index is 1.36. The predicted molar refractivity (Wildman–Crippen MR) is 130 cm³/mol. The van der Waals surface area contributed by atoms with Crippen LogP contribution in [0.5, 0.6) is 0 Å². The molecule has 2 N–H and O–H groups in total. The molecule has 0 spiro atoms. The number of carboxylic acids is 1. The largest absolute Gasteiger partial charge is 0.479 e. The minimum atomic E-state index is -0.963. The van der Waals surface area contributed by atoms with Crippen LogP contribution in [0.25, 0.3) is 10.9 Å². The minimum absolute atomic E-state index is 0.521. The van der Waals surface area contributed by atoms with Gasteiger partial charge in [0.05, 0.1) is 12.1 Å². The van der Waals surface area contributed by atoms with E-state index in [1.54, 1.807) is 24.5 Å². The molecule has 0 saturated carbocycles. The van der Waals surface area contributed by atoms with E-state index in [9.17, 15) is 9.90 Å². The highest BCUT2D eigenvalue weighted by Gasteiger charge is 2.23. The van der Waals surface area contributed by atoms with Gasteiger partial charge in [0.15, 0.2) is 6.04 Å². The second-order valence-electron chi connectivity index (χ2n) is 8.14. The van der Waals surface area contributed by atoms with E-state index in [4.69, 9.17) is 9.97 Å². The van der Waals surface area contributed by atoms with E-state index in [0.29, 0.717) is 23.8 Å². The zero-order chi connectivity index (χ0) is 23.3. The Kier molecular flexibility index (Phi) is 6.26. The highest BCUT2D eigenvalue weighted by Crippen LogP contribution is 2.26. The van der Waals surface area contributed by atoms with E-state index in [1.165, 1.54) is 0 Å². The number of hydrogen-bond acceptors (Lipinski definition) is 8. The summed E-state index contributed by atoms with van der Waals surface area (Å²) < 4.78 is 0.